The molecule has 0 saturated carbocycles. The van der Waals surface area contributed by atoms with Gasteiger partial charge in [-0.05, 0) is 32.7 Å². The summed E-state index contributed by atoms with van der Waals surface area (Å²) in [6.07, 6.45) is 0. The lowest BCUT2D eigenvalue weighted by Gasteiger charge is -2.21. The second kappa shape index (κ2) is 4.62. The first kappa shape index (κ1) is 13.2. The fourth-order valence-electron chi connectivity index (χ4n) is 3.71. The van der Waals surface area contributed by atoms with E-state index in [2.05, 4.69) is 0 Å². The van der Waals surface area contributed by atoms with Crippen LogP contribution in [0.25, 0.3) is 32.7 Å². The van der Waals surface area contributed by atoms with Crippen molar-refractivity contribution in [1.82, 2.24) is 0 Å². The molecule has 24 heavy (non-hydrogen) atoms. The summed E-state index contributed by atoms with van der Waals surface area (Å²) in [5.74, 6) is -0.823. The molecule has 1 aliphatic carbocycles. The standard InChI is InChI=1S/C22H12O2/c23-21-19-15-7-3-1-5-13(15)9-11-17(19)18-12-10-14-6-2-4-8-16(14)20(18)22(21)24/h1-12H. The highest BCUT2D eigenvalue weighted by Gasteiger charge is 2.32. The third kappa shape index (κ3) is 1.60. The molecule has 0 unspecified atom stereocenters. The molecule has 0 heterocycles. The molecule has 5 rings (SSSR count). The molecule has 2 heteroatoms. The van der Waals surface area contributed by atoms with Crippen molar-refractivity contribution in [3.63, 3.8) is 0 Å². The van der Waals surface area contributed by atoms with E-state index in [0.717, 1.165) is 32.7 Å². The zero-order chi connectivity index (χ0) is 16.3. The summed E-state index contributed by atoms with van der Waals surface area (Å²) in [5, 5.41) is 3.63. The average Bonchev–Trinajstić information content (AvgIpc) is 2.64. The fourth-order valence-corrected chi connectivity index (χ4v) is 3.71. The Balaban J connectivity index is 1.98. The van der Waals surface area contributed by atoms with Crippen LogP contribution in [0.2, 0.25) is 0 Å². The smallest absolute Gasteiger partial charge is 0.234 e. The normalized spacial score (nSPS) is 13.2. The van der Waals surface area contributed by atoms with Crippen LogP contribution in [0.5, 0.6) is 0 Å². The lowest BCUT2D eigenvalue weighted by Crippen LogP contribution is -2.22. The molecule has 1 aliphatic rings. The highest BCUT2D eigenvalue weighted by Crippen LogP contribution is 2.40. The van der Waals surface area contributed by atoms with Gasteiger partial charge >= 0.3 is 0 Å². The van der Waals surface area contributed by atoms with E-state index in [9.17, 15) is 9.59 Å². The number of ketones is 2. The Kier molecular flexibility index (Phi) is 2.54. The monoisotopic (exact) mass is 308 g/mol. The molecule has 0 aliphatic heterocycles. The lowest BCUT2D eigenvalue weighted by molar-refractivity contribution is 0.0817. The molecule has 0 N–H and O–H groups in total. The molecule has 0 aromatic heterocycles. The summed E-state index contributed by atoms with van der Waals surface area (Å²) in [6, 6.07) is 23.3. The van der Waals surface area contributed by atoms with Gasteiger partial charge in [-0.2, -0.15) is 0 Å². The number of rotatable bonds is 0. The van der Waals surface area contributed by atoms with E-state index in [4.69, 9.17) is 0 Å². The molecular formula is C22H12O2. The van der Waals surface area contributed by atoms with Gasteiger partial charge in [-0.25, -0.2) is 0 Å². The maximum absolute atomic E-state index is 12.9. The zero-order valence-electron chi connectivity index (χ0n) is 12.7. The van der Waals surface area contributed by atoms with Crippen LogP contribution in [0.15, 0.2) is 72.8 Å². The first-order valence-corrected chi connectivity index (χ1v) is 7.88. The molecule has 2 nitrogen and oxygen atoms in total. The molecule has 112 valence electrons. The Hall–Kier alpha value is -3.26. The van der Waals surface area contributed by atoms with E-state index in [0.29, 0.717) is 11.1 Å². The van der Waals surface area contributed by atoms with Crippen LogP contribution in [0.3, 0.4) is 0 Å². The van der Waals surface area contributed by atoms with Crippen LogP contribution in [-0.2, 0) is 0 Å². The third-order valence-electron chi connectivity index (χ3n) is 4.81. The first-order valence-electron chi connectivity index (χ1n) is 7.88. The van der Waals surface area contributed by atoms with Crippen LogP contribution in [0.4, 0.5) is 0 Å². The SMILES string of the molecule is O=C1C(=O)c2c(ccc3ccccc23)-c2ccc3ccccc3c21. The van der Waals surface area contributed by atoms with Crippen molar-refractivity contribution in [2.24, 2.45) is 0 Å². The van der Waals surface area contributed by atoms with Crippen LogP contribution in [0, 0.1) is 0 Å². The van der Waals surface area contributed by atoms with Crippen molar-refractivity contribution in [1.29, 1.82) is 0 Å². The second-order valence-electron chi connectivity index (χ2n) is 6.08. The topological polar surface area (TPSA) is 34.1 Å². The number of hydrogen-bond donors (Lipinski definition) is 0. The van der Waals surface area contributed by atoms with Gasteiger partial charge in [-0.1, -0.05) is 72.8 Å². The molecule has 0 amide bonds. The Morgan fingerprint density at radius 2 is 0.875 bits per heavy atom. The van der Waals surface area contributed by atoms with Gasteiger partial charge in [0.1, 0.15) is 0 Å². The predicted octanol–water partition coefficient (Wildman–Crippen LogP) is 5.04. The molecule has 0 spiro atoms. The summed E-state index contributed by atoms with van der Waals surface area (Å²) < 4.78 is 0. The highest BCUT2D eigenvalue weighted by molar-refractivity contribution is 6.56. The van der Waals surface area contributed by atoms with Gasteiger partial charge < -0.3 is 0 Å². The fraction of sp³-hybridized carbons (Fsp3) is 0. The Labute approximate surface area is 138 Å². The maximum Gasteiger partial charge on any atom is 0.234 e. The van der Waals surface area contributed by atoms with Gasteiger partial charge in [0.15, 0.2) is 0 Å². The highest BCUT2D eigenvalue weighted by atomic mass is 16.2. The van der Waals surface area contributed by atoms with Crippen molar-refractivity contribution < 1.29 is 9.59 Å². The lowest BCUT2D eigenvalue weighted by atomic mass is 9.79. The minimum atomic E-state index is -0.411. The van der Waals surface area contributed by atoms with E-state index >= 15 is 0 Å². The van der Waals surface area contributed by atoms with E-state index in [1.54, 1.807) is 0 Å². The maximum atomic E-state index is 12.9. The Morgan fingerprint density at radius 3 is 1.33 bits per heavy atom. The van der Waals surface area contributed by atoms with E-state index in [1.807, 2.05) is 72.8 Å². The van der Waals surface area contributed by atoms with E-state index < -0.39 is 11.6 Å². The van der Waals surface area contributed by atoms with Crippen molar-refractivity contribution in [2.45, 2.75) is 0 Å². The van der Waals surface area contributed by atoms with Crippen LogP contribution < -0.4 is 0 Å². The molecule has 4 aromatic carbocycles. The average molecular weight is 308 g/mol. The molecule has 0 bridgehead atoms. The number of benzene rings is 4. The van der Waals surface area contributed by atoms with Gasteiger partial charge in [0.2, 0.25) is 11.6 Å². The number of Topliss-reactive ketones (excluding diaryl/α,β-unsaturated/α-hetero) is 2. The molecule has 0 saturated heterocycles. The van der Waals surface area contributed by atoms with Crippen LogP contribution in [-0.4, -0.2) is 11.6 Å². The summed E-state index contributed by atoms with van der Waals surface area (Å²) >= 11 is 0. The molecule has 0 radical (unpaired) electrons. The van der Waals surface area contributed by atoms with E-state index in [1.165, 1.54) is 0 Å². The molecule has 0 fully saturated rings. The summed E-state index contributed by atoms with van der Waals surface area (Å²) in [5.41, 5.74) is 2.75. The summed E-state index contributed by atoms with van der Waals surface area (Å²) in [4.78, 5) is 25.8. The number of carbonyl (C=O) groups excluding carboxylic acids is 2. The van der Waals surface area contributed by atoms with Gasteiger partial charge in [-0.15, -0.1) is 0 Å². The van der Waals surface area contributed by atoms with Crippen molar-refractivity contribution in [2.75, 3.05) is 0 Å². The predicted molar refractivity (Wildman–Crippen MR) is 95.6 cm³/mol. The minimum Gasteiger partial charge on any atom is -0.285 e. The Bertz CT molecular complexity index is 1090. The van der Waals surface area contributed by atoms with Gasteiger partial charge in [0.25, 0.3) is 0 Å². The first-order chi connectivity index (χ1) is 11.8. The van der Waals surface area contributed by atoms with Crippen molar-refractivity contribution in [3.05, 3.63) is 83.9 Å². The number of fused-ring (bicyclic) bond motifs is 7. The van der Waals surface area contributed by atoms with Crippen LogP contribution >= 0.6 is 0 Å². The second-order valence-corrected chi connectivity index (χ2v) is 6.08. The van der Waals surface area contributed by atoms with Gasteiger partial charge in [0, 0.05) is 11.1 Å². The number of hydrogen-bond acceptors (Lipinski definition) is 2. The third-order valence-corrected chi connectivity index (χ3v) is 4.81. The van der Waals surface area contributed by atoms with E-state index in [-0.39, 0.29) is 0 Å². The number of carbonyl (C=O) groups is 2. The zero-order valence-corrected chi connectivity index (χ0v) is 12.7. The van der Waals surface area contributed by atoms with Gasteiger partial charge in [0.05, 0.1) is 0 Å². The van der Waals surface area contributed by atoms with Crippen molar-refractivity contribution in [3.8, 4) is 11.1 Å². The van der Waals surface area contributed by atoms with Crippen LogP contribution in [0.1, 0.15) is 20.7 Å². The summed E-state index contributed by atoms with van der Waals surface area (Å²) in [7, 11) is 0. The molecule has 0 atom stereocenters. The quantitative estimate of drug-likeness (QED) is 0.426. The van der Waals surface area contributed by atoms with Gasteiger partial charge in [-0.3, -0.25) is 9.59 Å². The molecule has 4 aromatic rings. The van der Waals surface area contributed by atoms with Crippen molar-refractivity contribution >= 4 is 33.1 Å². The minimum absolute atomic E-state index is 0.411. The largest absolute Gasteiger partial charge is 0.285 e. The molecular weight excluding hydrogens is 296 g/mol. The Morgan fingerprint density at radius 1 is 0.458 bits per heavy atom. The summed E-state index contributed by atoms with van der Waals surface area (Å²) in [6.45, 7) is 0.